The summed E-state index contributed by atoms with van der Waals surface area (Å²) in [5, 5.41) is 2.16. The molecule has 0 saturated heterocycles. The lowest BCUT2D eigenvalue weighted by atomic mass is 9.89. The standard InChI is InChI=1S/C43H58N2O2/c1-10-12-14-18-24-45-28-33(36(46)38-40(3,4)41(38,5)6)31-22-21-29(25-35(31)45)26-43(9)39(42(43,7)8)37(47)32-27-44(23-17-13-11-2)34-20-16-15-19-30(32)34/h15-16,19-22,25,27-28,38-39H,10-14,17-18,23-24,26H2,1-9H3. The first-order chi connectivity index (χ1) is 22.2. The molecule has 0 spiro atoms. The Morgan fingerprint density at radius 1 is 0.617 bits per heavy atom. The topological polar surface area (TPSA) is 44.0 Å². The zero-order valence-electron chi connectivity index (χ0n) is 30.6. The highest BCUT2D eigenvalue weighted by Crippen LogP contribution is 2.71. The highest BCUT2D eigenvalue weighted by atomic mass is 16.1. The number of hydrogen-bond acceptors (Lipinski definition) is 2. The van der Waals surface area contributed by atoms with Crippen LogP contribution in [0.25, 0.3) is 21.8 Å². The number of Topliss-reactive ketones (excluding diaryl/α,β-unsaturated/α-hetero) is 2. The first-order valence-corrected chi connectivity index (χ1v) is 18.5. The Morgan fingerprint density at radius 3 is 1.77 bits per heavy atom. The monoisotopic (exact) mass is 634 g/mol. The molecule has 2 saturated carbocycles. The van der Waals surface area contributed by atoms with E-state index in [1.807, 2.05) is 0 Å². The van der Waals surface area contributed by atoms with E-state index in [0.717, 1.165) is 54.3 Å². The first-order valence-electron chi connectivity index (χ1n) is 18.5. The van der Waals surface area contributed by atoms with E-state index in [1.165, 1.54) is 48.7 Å². The van der Waals surface area contributed by atoms with Crippen LogP contribution in [0.4, 0.5) is 0 Å². The largest absolute Gasteiger partial charge is 0.347 e. The SMILES string of the molecule is CCCCCCn1cc(C(=O)C2C(C)(C)C2(C)C)c2ccc(CC3(C)C(C(=O)c4cn(CCCCC)c5ccccc45)C3(C)C)cc21. The van der Waals surface area contributed by atoms with Crippen molar-refractivity contribution in [2.75, 3.05) is 0 Å². The summed E-state index contributed by atoms with van der Waals surface area (Å²) in [5.41, 5.74) is 5.10. The Balaban J connectivity index is 1.30. The predicted molar refractivity (Wildman–Crippen MR) is 196 cm³/mol. The van der Waals surface area contributed by atoms with Crippen molar-refractivity contribution >= 4 is 33.4 Å². The van der Waals surface area contributed by atoms with Gasteiger partial charge in [0.1, 0.15) is 0 Å². The maximum absolute atomic E-state index is 14.4. The van der Waals surface area contributed by atoms with Crippen LogP contribution in [0.3, 0.4) is 0 Å². The molecular weight excluding hydrogens is 576 g/mol. The van der Waals surface area contributed by atoms with Crippen molar-refractivity contribution in [1.82, 2.24) is 9.13 Å². The molecule has 6 rings (SSSR count). The van der Waals surface area contributed by atoms with Gasteiger partial charge in [0.25, 0.3) is 0 Å². The molecule has 0 N–H and O–H groups in total. The Morgan fingerprint density at radius 2 is 1.15 bits per heavy atom. The highest BCUT2D eigenvalue weighted by molar-refractivity contribution is 6.12. The molecule has 2 fully saturated rings. The summed E-state index contributed by atoms with van der Waals surface area (Å²) in [6.45, 7) is 22.2. The molecule has 0 radical (unpaired) electrons. The van der Waals surface area contributed by atoms with Crippen molar-refractivity contribution in [2.45, 2.75) is 127 Å². The molecule has 2 heterocycles. The number of rotatable bonds is 15. The number of nitrogens with zero attached hydrogens (tertiary/aromatic N) is 2. The number of aromatic nitrogens is 2. The van der Waals surface area contributed by atoms with Crippen LogP contribution in [0.1, 0.15) is 134 Å². The second kappa shape index (κ2) is 12.1. The maximum Gasteiger partial charge on any atom is 0.169 e. The van der Waals surface area contributed by atoms with E-state index in [2.05, 4.69) is 126 Å². The third kappa shape index (κ3) is 5.42. The van der Waals surface area contributed by atoms with Gasteiger partial charge in [0.05, 0.1) is 0 Å². The summed E-state index contributed by atoms with van der Waals surface area (Å²) in [5.74, 6) is 0.577. The minimum Gasteiger partial charge on any atom is -0.347 e. The molecule has 2 aliphatic carbocycles. The number of aryl methyl sites for hydroxylation is 2. The minimum absolute atomic E-state index is 0.00901. The Hall–Kier alpha value is -3.14. The maximum atomic E-state index is 14.4. The van der Waals surface area contributed by atoms with Gasteiger partial charge < -0.3 is 9.13 Å². The number of unbranched alkanes of at least 4 members (excludes halogenated alkanes) is 5. The van der Waals surface area contributed by atoms with Crippen molar-refractivity contribution in [3.8, 4) is 0 Å². The molecule has 0 amide bonds. The van der Waals surface area contributed by atoms with Crippen LogP contribution in [0.5, 0.6) is 0 Å². The molecule has 2 aromatic carbocycles. The zero-order valence-corrected chi connectivity index (χ0v) is 30.6. The number of hydrogen-bond donors (Lipinski definition) is 0. The molecule has 4 nitrogen and oxygen atoms in total. The van der Waals surface area contributed by atoms with Gasteiger partial charge in [-0.2, -0.15) is 0 Å². The van der Waals surface area contributed by atoms with E-state index >= 15 is 0 Å². The summed E-state index contributed by atoms with van der Waals surface area (Å²) in [6.07, 6.45) is 13.4. The number of para-hydroxylation sites is 1. The lowest BCUT2D eigenvalue weighted by Crippen LogP contribution is -2.11. The van der Waals surface area contributed by atoms with Gasteiger partial charge in [-0.25, -0.2) is 0 Å². The van der Waals surface area contributed by atoms with Crippen molar-refractivity contribution < 1.29 is 9.59 Å². The fourth-order valence-electron chi connectivity index (χ4n) is 9.30. The molecule has 0 aliphatic heterocycles. The van der Waals surface area contributed by atoms with Gasteiger partial charge in [0.15, 0.2) is 11.6 Å². The summed E-state index contributed by atoms with van der Waals surface area (Å²) >= 11 is 0. The van der Waals surface area contributed by atoms with Gasteiger partial charge in [-0.15, -0.1) is 0 Å². The molecule has 252 valence electrons. The summed E-state index contributed by atoms with van der Waals surface area (Å²) in [7, 11) is 0. The second-order valence-electron chi connectivity index (χ2n) is 17.0. The fraction of sp³-hybridized carbons (Fsp3) is 0.581. The number of ketones is 2. The predicted octanol–water partition coefficient (Wildman–Crippen LogP) is 11.3. The first kappa shape index (κ1) is 33.7. The fourth-order valence-corrected chi connectivity index (χ4v) is 9.30. The van der Waals surface area contributed by atoms with Gasteiger partial charge in [0, 0.05) is 70.3 Å². The molecule has 2 aromatic heterocycles. The Labute approximate surface area is 283 Å². The Kier molecular flexibility index (Phi) is 8.67. The van der Waals surface area contributed by atoms with Crippen LogP contribution >= 0.6 is 0 Å². The van der Waals surface area contributed by atoms with E-state index in [0.29, 0.717) is 5.78 Å². The van der Waals surface area contributed by atoms with E-state index in [9.17, 15) is 9.59 Å². The van der Waals surface area contributed by atoms with Gasteiger partial charge in [-0.1, -0.05) is 125 Å². The van der Waals surface area contributed by atoms with Crippen molar-refractivity contribution in [3.05, 3.63) is 71.5 Å². The minimum atomic E-state index is -0.150. The van der Waals surface area contributed by atoms with Crippen LogP contribution in [-0.2, 0) is 19.5 Å². The average molecular weight is 635 g/mol. The van der Waals surface area contributed by atoms with E-state index in [-0.39, 0.29) is 39.3 Å². The van der Waals surface area contributed by atoms with Gasteiger partial charge in [-0.05, 0) is 58.6 Å². The van der Waals surface area contributed by atoms with E-state index < -0.39 is 0 Å². The molecule has 2 aliphatic rings. The van der Waals surface area contributed by atoms with Crippen LogP contribution in [0, 0.1) is 33.5 Å². The third-order valence-corrected chi connectivity index (χ3v) is 13.4. The van der Waals surface area contributed by atoms with Crippen molar-refractivity contribution in [2.24, 2.45) is 33.5 Å². The lowest BCUT2D eigenvalue weighted by molar-refractivity contribution is 0.0937. The van der Waals surface area contributed by atoms with Crippen LogP contribution in [-0.4, -0.2) is 20.7 Å². The molecule has 47 heavy (non-hydrogen) atoms. The number of benzene rings is 2. The third-order valence-electron chi connectivity index (χ3n) is 13.4. The average Bonchev–Trinajstić information content (AvgIpc) is 3.40. The van der Waals surface area contributed by atoms with Crippen LogP contribution < -0.4 is 0 Å². The van der Waals surface area contributed by atoms with Crippen LogP contribution in [0.15, 0.2) is 54.9 Å². The smallest absolute Gasteiger partial charge is 0.169 e. The molecular formula is C43H58N2O2. The van der Waals surface area contributed by atoms with Gasteiger partial charge in [0.2, 0.25) is 0 Å². The lowest BCUT2D eigenvalue weighted by Gasteiger charge is -2.15. The van der Waals surface area contributed by atoms with Crippen molar-refractivity contribution in [1.29, 1.82) is 0 Å². The summed E-state index contributed by atoms with van der Waals surface area (Å²) in [6, 6.07) is 15.2. The van der Waals surface area contributed by atoms with Crippen LogP contribution in [0.2, 0.25) is 0 Å². The molecule has 2 atom stereocenters. The van der Waals surface area contributed by atoms with Gasteiger partial charge >= 0.3 is 0 Å². The summed E-state index contributed by atoms with van der Waals surface area (Å²) < 4.78 is 4.65. The quantitative estimate of drug-likeness (QED) is 0.0964. The normalized spacial score (nSPS) is 22.6. The second-order valence-corrected chi connectivity index (χ2v) is 17.0. The van der Waals surface area contributed by atoms with E-state index in [1.54, 1.807) is 0 Å². The molecule has 4 heteroatoms. The number of carbonyl (C=O) groups is 2. The zero-order chi connectivity index (χ0) is 33.9. The van der Waals surface area contributed by atoms with E-state index in [4.69, 9.17) is 0 Å². The molecule has 4 aromatic rings. The summed E-state index contributed by atoms with van der Waals surface area (Å²) in [4.78, 5) is 28.4. The van der Waals surface area contributed by atoms with Gasteiger partial charge in [-0.3, -0.25) is 9.59 Å². The number of fused-ring (bicyclic) bond motifs is 2. The Bertz CT molecular complexity index is 1800. The van der Waals surface area contributed by atoms with Crippen molar-refractivity contribution in [3.63, 3.8) is 0 Å². The molecule has 2 unspecified atom stereocenters. The number of carbonyl (C=O) groups excluding carboxylic acids is 2. The molecule has 0 bridgehead atoms. The highest BCUT2D eigenvalue weighted by Gasteiger charge is 2.70.